The van der Waals surface area contributed by atoms with Crippen LogP contribution in [0.3, 0.4) is 0 Å². The first-order valence-corrected chi connectivity index (χ1v) is 12.4. The lowest BCUT2D eigenvalue weighted by Crippen LogP contribution is -2.49. The summed E-state index contributed by atoms with van der Waals surface area (Å²) in [5, 5.41) is 7.10. The first-order valence-electron chi connectivity index (χ1n) is 12.4. The van der Waals surface area contributed by atoms with Crippen molar-refractivity contribution in [3.63, 3.8) is 0 Å². The van der Waals surface area contributed by atoms with Crippen LogP contribution in [0.2, 0.25) is 0 Å². The predicted octanol–water partition coefficient (Wildman–Crippen LogP) is 2.41. The number of ether oxygens (including phenoxy) is 1. The van der Waals surface area contributed by atoms with Crippen LogP contribution in [0.5, 0.6) is 5.75 Å². The fourth-order valence-corrected chi connectivity index (χ4v) is 4.65. The second kappa shape index (κ2) is 13.0. The summed E-state index contributed by atoms with van der Waals surface area (Å²) >= 11 is 0. The molecule has 2 heterocycles. The van der Waals surface area contributed by atoms with E-state index in [9.17, 15) is 0 Å². The molecule has 0 radical (unpaired) electrons. The monoisotopic (exact) mass is 444 g/mol. The van der Waals surface area contributed by atoms with Crippen LogP contribution in [0.15, 0.2) is 29.3 Å². The number of benzene rings is 1. The van der Waals surface area contributed by atoms with Gasteiger partial charge in [0.05, 0.1) is 19.7 Å². The van der Waals surface area contributed by atoms with Crippen LogP contribution in [0.1, 0.15) is 44.7 Å². The molecule has 0 saturated carbocycles. The van der Waals surface area contributed by atoms with E-state index in [1.807, 2.05) is 0 Å². The largest absolute Gasteiger partial charge is 0.497 e. The molecule has 0 aromatic heterocycles. The van der Waals surface area contributed by atoms with E-state index in [1.165, 1.54) is 24.8 Å². The lowest BCUT2D eigenvalue weighted by molar-refractivity contribution is 0.122. The Bertz CT molecular complexity index is 680. The minimum absolute atomic E-state index is 0.333. The third-order valence-corrected chi connectivity index (χ3v) is 6.81. The van der Waals surface area contributed by atoms with Gasteiger partial charge < -0.3 is 20.3 Å². The highest BCUT2D eigenvalue weighted by molar-refractivity contribution is 5.79. The maximum atomic E-state index is 5.37. The summed E-state index contributed by atoms with van der Waals surface area (Å²) in [6.45, 7) is 13.8. The van der Waals surface area contributed by atoms with Crippen molar-refractivity contribution >= 4 is 5.96 Å². The average Bonchev–Trinajstić information content (AvgIpc) is 2.84. The molecule has 3 rings (SSSR count). The number of piperazine rings is 1. The highest BCUT2D eigenvalue weighted by Gasteiger charge is 2.23. The van der Waals surface area contributed by atoms with E-state index in [1.54, 1.807) is 7.11 Å². The molecular formula is C25H44N6O. The maximum absolute atomic E-state index is 5.37. The number of piperidine rings is 1. The lowest BCUT2D eigenvalue weighted by Gasteiger charge is -2.36. The number of hydrogen-bond donors (Lipinski definition) is 2. The Morgan fingerprint density at radius 1 is 0.969 bits per heavy atom. The molecule has 7 heteroatoms. The van der Waals surface area contributed by atoms with E-state index in [4.69, 9.17) is 9.73 Å². The SMILES string of the molecule is CCNC(=NCC(C)N1CCN(C)CC1)NCC(c1ccc(OC)cc1)N1CCCCC1. The summed E-state index contributed by atoms with van der Waals surface area (Å²) in [7, 11) is 3.93. The smallest absolute Gasteiger partial charge is 0.191 e. The number of guanidine groups is 1. The fourth-order valence-electron chi connectivity index (χ4n) is 4.65. The van der Waals surface area contributed by atoms with E-state index in [-0.39, 0.29) is 0 Å². The molecule has 0 bridgehead atoms. The highest BCUT2D eigenvalue weighted by Crippen LogP contribution is 2.25. The van der Waals surface area contributed by atoms with Crippen LogP contribution >= 0.6 is 0 Å². The lowest BCUT2D eigenvalue weighted by atomic mass is 10.0. The number of methoxy groups -OCH3 is 1. The molecule has 7 nitrogen and oxygen atoms in total. The van der Waals surface area contributed by atoms with Crippen molar-refractivity contribution in [2.45, 2.75) is 45.2 Å². The topological polar surface area (TPSA) is 55.4 Å². The Hall–Kier alpha value is -1.83. The summed E-state index contributed by atoms with van der Waals surface area (Å²) in [5.74, 6) is 1.83. The first kappa shape index (κ1) is 24.8. The molecule has 0 spiro atoms. The Balaban J connectivity index is 1.63. The number of nitrogens with zero attached hydrogens (tertiary/aromatic N) is 4. The molecule has 2 atom stereocenters. The van der Waals surface area contributed by atoms with Crippen molar-refractivity contribution in [1.29, 1.82) is 0 Å². The van der Waals surface area contributed by atoms with Gasteiger partial charge in [0, 0.05) is 45.3 Å². The number of likely N-dealkylation sites (N-methyl/N-ethyl adjacent to an activating group) is 1. The minimum Gasteiger partial charge on any atom is -0.497 e. The van der Waals surface area contributed by atoms with Crippen LogP contribution in [0.25, 0.3) is 0 Å². The Kier molecular flexibility index (Phi) is 10.1. The molecule has 1 aromatic rings. The van der Waals surface area contributed by atoms with Crippen molar-refractivity contribution in [3.05, 3.63) is 29.8 Å². The van der Waals surface area contributed by atoms with E-state index in [0.717, 1.165) is 70.6 Å². The molecule has 2 saturated heterocycles. The molecule has 32 heavy (non-hydrogen) atoms. The second-order valence-corrected chi connectivity index (χ2v) is 9.17. The van der Waals surface area contributed by atoms with Crippen LogP contribution in [0, 0.1) is 0 Å². The average molecular weight is 445 g/mol. The van der Waals surface area contributed by atoms with Gasteiger partial charge in [-0.15, -0.1) is 0 Å². The van der Waals surface area contributed by atoms with E-state index in [2.05, 4.69) is 70.5 Å². The predicted molar refractivity (Wildman–Crippen MR) is 134 cm³/mol. The molecule has 2 unspecified atom stereocenters. The van der Waals surface area contributed by atoms with Gasteiger partial charge in [0.15, 0.2) is 5.96 Å². The van der Waals surface area contributed by atoms with Gasteiger partial charge in [0.2, 0.25) is 0 Å². The number of nitrogens with one attached hydrogen (secondary N) is 2. The molecule has 2 fully saturated rings. The molecule has 180 valence electrons. The van der Waals surface area contributed by atoms with E-state index < -0.39 is 0 Å². The first-order chi connectivity index (χ1) is 15.6. The second-order valence-electron chi connectivity index (χ2n) is 9.17. The van der Waals surface area contributed by atoms with Crippen LogP contribution in [-0.4, -0.2) is 99.8 Å². The van der Waals surface area contributed by atoms with E-state index in [0.29, 0.717) is 12.1 Å². The summed E-state index contributed by atoms with van der Waals surface area (Å²) in [6, 6.07) is 9.35. The third kappa shape index (κ3) is 7.36. The zero-order chi connectivity index (χ0) is 22.8. The van der Waals surface area contributed by atoms with Gasteiger partial charge in [-0.05, 0) is 64.5 Å². The van der Waals surface area contributed by atoms with Gasteiger partial charge in [-0.1, -0.05) is 18.6 Å². The van der Waals surface area contributed by atoms with Gasteiger partial charge in [-0.3, -0.25) is 14.8 Å². The zero-order valence-corrected chi connectivity index (χ0v) is 20.6. The van der Waals surface area contributed by atoms with Crippen molar-refractivity contribution in [1.82, 2.24) is 25.3 Å². The molecule has 2 aliphatic rings. The highest BCUT2D eigenvalue weighted by atomic mass is 16.5. The minimum atomic E-state index is 0.333. The molecule has 0 aliphatic carbocycles. The summed E-state index contributed by atoms with van der Waals surface area (Å²) in [6.07, 6.45) is 3.90. The molecule has 2 N–H and O–H groups in total. The van der Waals surface area contributed by atoms with Crippen molar-refractivity contribution in [3.8, 4) is 5.75 Å². The van der Waals surface area contributed by atoms with Gasteiger partial charge in [0.25, 0.3) is 0 Å². The maximum Gasteiger partial charge on any atom is 0.191 e. The Morgan fingerprint density at radius 3 is 2.28 bits per heavy atom. The van der Waals surface area contributed by atoms with Gasteiger partial charge in [-0.2, -0.15) is 0 Å². The number of hydrogen-bond acceptors (Lipinski definition) is 5. The normalized spacial score (nSPS) is 21.2. The number of likely N-dealkylation sites (tertiary alicyclic amines) is 1. The summed E-state index contributed by atoms with van der Waals surface area (Å²) in [4.78, 5) is 12.5. The van der Waals surface area contributed by atoms with Crippen LogP contribution in [0.4, 0.5) is 0 Å². The summed E-state index contributed by atoms with van der Waals surface area (Å²) < 4.78 is 5.37. The van der Waals surface area contributed by atoms with Crippen molar-refractivity contribution in [2.24, 2.45) is 4.99 Å². The van der Waals surface area contributed by atoms with Crippen LogP contribution < -0.4 is 15.4 Å². The van der Waals surface area contributed by atoms with Crippen molar-refractivity contribution in [2.75, 3.05) is 73.1 Å². The zero-order valence-electron chi connectivity index (χ0n) is 20.6. The van der Waals surface area contributed by atoms with Gasteiger partial charge in [-0.25, -0.2) is 0 Å². The summed E-state index contributed by atoms with van der Waals surface area (Å²) in [5.41, 5.74) is 1.34. The molecule has 2 aliphatic heterocycles. The van der Waals surface area contributed by atoms with Gasteiger partial charge in [0.1, 0.15) is 5.75 Å². The standard InChI is InChI=1S/C25H44N6O/c1-5-26-25(27-19-21(2)30-17-15-29(3)16-18-30)28-20-24(31-13-7-6-8-14-31)22-9-11-23(32-4)12-10-22/h9-12,21,24H,5-8,13-20H2,1-4H3,(H2,26,27,28). The third-order valence-electron chi connectivity index (χ3n) is 6.81. The quantitative estimate of drug-likeness (QED) is 0.451. The van der Waals surface area contributed by atoms with Crippen LogP contribution in [-0.2, 0) is 0 Å². The Labute approximate surface area is 195 Å². The molecule has 0 amide bonds. The van der Waals surface area contributed by atoms with E-state index >= 15 is 0 Å². The number of aliphatic imine (C=N–C) groups is 1. The fraction of sp³-hybridized carbons (Fsp3) is 0.720. The van der Waals surface area contributed by atoms with Gasteiger partial charge >= 0.3 is 0 Å². The number of rotatable bonds is 9. The Morgan fingerprint density at radius 2 is 1.66 bits per heavy atom. The molecule has 1 aromatic carbocycles. The van der Waals surface area contributed by atoms with Crippen molar-refractivity contribution < 1.29 is 4.74 Å². The molecular weight excluding hydrogens is 400 g/mol.